The molecule has 30 heavy (non-hydrogen) atoms. The van der Waals surface area contributed by atoms with Crippen LogP contribution in [-0.4, -0.2) is 52.6 Å². The number of imidazole rings is 1. The summed E-state index contributed by atoms with van der Waals surface area (Å²) in [4.78, 5) is 16.7. The Morgan fingerprint density at radius 2 is 2.03 bits per heavy atom. The van der Waals surface area contributed by atoms with Gasteiger partial charge in [0.2, 0.25) is 0 Å². The second-order valence-electron chi connectivity index (χ2n) is 9.21. The molecule has 162 valence electrons. The molecule has 1 aromatic carbocycles. The van der Waals surface area contributed by atoms with Gasteiger partial charge in [-0.25, -0.2) is 18.2 Å². The van der Waals surface area contributed by atoms with Gasteiger partial charge in [-0.3, -0.25) is 0 Å². The molecule has 2 aromatic rings. The molecule has 2 heterocycles. The predicted molar refractivity (Wildman–Crippen MR) is 112 cm³/mol. The van der Waals surface area contributed by atoms with Crippen LogP contribution in [0.3, 0.4) is 0 Å². The number of sulfonamides is 1. The van der Waals surface area contributed by atoms with Crippen molar-refractivity contribution >= 4 is 16.1 Å². The number of hydrogen-bond acceptors (Lipinski definition) is 5. The van der Waals surface area contributed by atoms with E-state index in [-0.39, 0.29) is 24.0 Å². The monoisotopic (exact) mass is 432 g/mol. The van der Waals surface area contributed by atoms with Crippen LogP contribution in [0.5, 0.6) is 0 Å². The quantitative estimate of drug-likeness (QED) is 0.804. The van der Waals surface area contributed by atoms with E-state index in [1.807, 2.05) is 39.0 Å². The number of alkyl carbamates (subject to hydrolysis) is 1. The number of rotatable bonds is 3. The highest BCUT2D eigenvalue weighted by Gasteiger charge is 2.54. The lowest BCUT2D eigenvalue weighted by molar-refractivity contribution is 0.0441. The van der Waals surface area contributed by atoms with Crippen molar-refractivity contribution in [2.75, 3.05) is 13.1 Å². The van der Waals surface area contributed by atoms with E-state index in [0.717, 1.165) is 12.0 Å². The van der Waals surface area contributed by atoms with Gasteiger partial charge < -0.3 is 14.6 Å². The molecule has 1 aromatic heterocycles. The van der Waals surface area contributed by atoms with Crippen molar-refractivity contribution in [3.63, 3.8) is 0 Å². The zero-order valence-electron chi connectivity index (χ0n) is 17.8. The maximum Gasteiger partial charge on any atom is 0.408 e. The molecule has 4 rings (SSSR count). The molecular weight excluding hydrogens is 404 g/mol. The Kier molecular flexibility index (Phi) is 4.93. The third-order valence-corrected chi connectivity index (χ3v) is 7.52. The first kappa shape index (κ1) is 20.9. The summed E-state index contributed by atoms with van der Waals surface area (Å²) in [5.41, 5.74) is 0.916. The molecule has 0 bridgehead atoms. The first-order chi connectivity index (χ1) is 14.0. The Hall–Kier alpha value is -2.39. The van der Waals surface area contributed by atoms with Crippen LogP contribution in [0.1, 0.15) is 44.2 Å². The van der Waals surface area contributed by atoms with Gasteiger partial charge in [-0.15, -0.1) is 0 Å². The van der Waals surface area contributed by atoms with Crippen molar-refractivity contribution in [1.29, 1.82) is 0 Å². The Morgan fingerprint density at radius 1 is 1.30 bits per heavy atom. The fourth-order valence-corrected chi connectivity index (χ4v) is 6.00. The van der Waals surface area contributed by atoms with E-state index >= 15 is 0 Å². The molecule has 9 heteroatoms. The fourth-order valence-electron chi connectivity index (χ4n) is 4.51. The highest BCUT2D eigenvalue weighted by molar-refractivity contribution is 7.89. The molecule has 1 saturated heterocycles. The van der Waals surface area contributed by atoms with Crippen LogP contribution in [0.4, 0.5) is 4.79 Å². The highest BCUT2D eigenvalue weighted by Crippen LogP contribution is 2.46. The van der Waals surface area contributed by atoms with Crippen molar-refractivity contribution in [1.82, 2.24) is 19.2 Å². The standard InChI is InChI=1S/C21H28N4O4S/c1-20(2,3)29-19(26)23-21-10-9-15-7-5-6-8-16(15)17(21)11-25(13-21)30(27,28)18-12-24(4)14-22-18/h5-8,12,14,17H,9-11,13H2,1-4H3,(H,23,26). The van der Waals surface area contributed by atoms with E-state index in [1.165, 1.54) is 22.4 Å². The van der Waals surface area contributed by atoms with E-state index in [9.17, 15) is 13.2 Å². The van der Waals surface area contributed by atoms with Crippen LogP contribution in [0, 0.1) is 0 Å². The van der Waals surface area contributed by atoms with Crippen molar-refractivity contribution in [2.45, 2.75) is 55.7 Å². The van der Waals surface area contributed by atoms with Crippen LogP contribution in [-0.2, 0) is 28.2 Å². The minimum Gasteiger partial charge on any atom is -0.444 e. The van der Waals surface area contributed by atoms with Crippen LogP contribution in [0.2, 0.25) is 0 Å². The van der Waals surface area contributed by atoms with Crippen LogP contribution in [0.15, 0.2) is 41.8 Å². The van der Waals surface area contributed by atoms with E-state index in [1.54, 1.807) is 11.6 Å². The van der Waals surface area contributed by atoms with Gasteiger partial charge in [0, 0.05) is 32.3 Å². The summed E-state index contributed by atoms with van der Waals surface area (Å²) in [5.74, 6) is -0.159. The number of nitrogens with one attached hydrogen (secondary N) is 1. The molecule has 1 N–H and O–H groups in total. The number of hydrogen-bond donors (Lipinski definition) is 1. The second kappa shape index (κ2) is 7.09. The van der Waals surface area contributed by atoms with Gasteiger partial charge in [-0.05, 0) is 44.7 Å². The Bertz CT molecular complexity index is 1070. The number of nitrogens with zero attached hydrogens (tertiary/aromatic N) is 3. The van der Waals surface area contributed by atoms with E-state index < -0.39 is 27.3 Å². The topological polar surface area (TPSA) is 93.5 Å². The third kappa shape index (κ3) is 3.72. The number of aryl methyl sites for hydroxylation is 2. The predicted octanol–water partition coefficient (Wildman–Crippen LogP) is 2.42. The number of carbonyl (C=O) groups excluding carboxylic acids is 1. The molecular formula is C21H28N4O4S. The zero-order valence-corrected chi connectivity index (χ0v) is 18.6. The summed E-state index contributed by atoms with van der Waals surface area (Å²) < 4.78 is 35.1. The number of aromatic nitrogens is 2. The lowest BCUT2D eigenvalue weighted by atomic mass is 9.71. The van der Waals surface area contributed by atoms with Crippen LogP contribution in [0.25, 0.3) is 0 Å². The molecule has 1 fully saturated rings. The van der Waals surface area contributed by atoms with Crippen molar-refractivity contribution in [3.05, 3.63) is 47.9 Å². The average Bonchev–Trinajstić information content (AvgIpc) is 3.25. The van der Waals surface area contributed by atoms with Gasteiger partial charge in [-0.2, -0.15) is 4.31 Å². The van der Waals surface area contributed by atoms with Crippen molar-refractivity contribution < 1.29 is 17.9 Å². The molecule has 0 radical (unpaired) electrons. The van der Waals surface area contributed by atoms with Crippen LogP contribution >= 0.6 is 0 Å². The molecule has 2 aliphatic rings. The Labute approximate surface area is 177 Å². The lowest BCUT2D eigenvalue weighted by Gasteiger charge is -2.40. The van der Waals surface area contributed by atoms with Gasteiger partial charge in [0.15, 0.2) is 5.03 Å². The molecule has 0 spiro atoms. The summed E-state index contributed by atoms with van der Waals surface area (Å²) >= 11 is 0. The van der Waals surface area contributed by atoms with Gasteiger partial charge in [0.25, 0.3) is 10.0 Å². The van der Waals surface area contributed by atoms with E-state index in [2.05, 4.69) is 16.4 Å². The fraction of sp³-hybridized carbons (Fsp3) is 0.524. The summed E-state index contributed by atoms with van der Waals surface area (Å²) in [5, 5.41) is 3.08. The normalized spacial score (nSPS) is 24.2. The molecule has 8 nitrogen and oxygen atoms in total. The summed E-state index contributed by atoms with van der Waals surface area (Å²) in [6, 6.07) is 8.05. The number of amides is 1. The lowest BCUT2D eigenvalue weighted by Crippen LogP contribution is -2.56. The number of benzene rings is 1. The molecule has 2 unspecified atom stereocenters. The molecule has 0 saturated carbocycles. The smallest absolute Gasteiger partial charge is 0.408 e. The van der Waals surface area contributed by atoms with Crippen LogP contribution < -0.4 is 5.32 Å². The Morgan fingerprint density at radius 3 is 2.70 bits per heavy atom. The second-order valence-corrected chi connectivity index (χ2v) is 11.1. The molecule has 1 aliphatic heterocycles. The first-order valence-corrected chi connectivity index (χ1v) is 11.5. The van der Waals surface area contributed by atoms with Crippen molar-refractivity contribution in [3.8, 4) is 0 Å². The largest absolute Gasteiger partial charge is 0.444 e. The summed E-state index contributed by atoms with van der Waals surface area (Å²) in [6.07, 6.45) is 3.85. The van der Waals surface area contributed by atoms with Gasteiger partial charge in [0.05, 0.1) is 11.9 Å². The first-order valence-electron chi connectivity index (χ1n) is 10.1. The van der Waals surface area contributed by atoms with E-state index in [0.29, 0.717) is 6.42 Å². The third-order valence-electron chi connectivity index (χ3n) is 5.82. The maximum atomic E-state index is 13.3. The minimum absolute atomic E-state index is 0.0179. The van der Waals surface area contributed by atoms with E-state index in [4.69, 9.17) is 4.74 Å². The zero-order chi connectivity index (χ0) is 21.7. The summed E-state index contributed by atoms with van der Waals surface area (Å²) in [6.45, 7) is 5.90. The van der Waals surface area contributed by atoms with Gasteiger partial charge in [-0.1, -0.05) is 24.3 Å². The van der Waals surface area contributed by atoms with Gasteiger partial charge >= 0.3 is 6.09 Å². The highest BCUT2D eigenvalue weighted by atomic mass is 32.2. The number of ether oxygens (including phenoxy) is 1. The van der Waals surface area contributed by atoms with Gasteiger partial charge in [0.1, 0.15) is 5.60 Å². The van der Waals surface area contributed by atoms with Crippen molar-refractivity contribution in [2.24, 2.45) is 7.05 Å². The minimum atomic E-state index is -3.78. The average molecular weight is 433 g/mol. The number of fused-ring (bicyclic) bond motifs is 3. The molecule has 1 aliphatic carbocycles. The Balaban J connectivity index is 1.70. The molecule has 2 atom stereocenters. The maximum absolute atomic E-state index is 13.3. The number of carbonyl (C=O) groups is 1. The molecule has 1 amide bonds. The SMILES string of the molecule is Cn1cnc(S(=O)(=O)N2CC3c4ccccc4CCC3(NC(=O)OC(C)(C)C)C2)c1. The summed E-state index contributed by atoms with van der Waals surface area (Å²) in [7, 11) is -2.04.